The van der Waals surface area contributed by atoms with Gasteiger partial charge in [-0.2, -0.15) is 0 Å². The van der Waals surface area contributed by atoms with Crippen LogP contribution in [0.1, 0.15) is 335 Å². The van der Waals surface area contributed by atoms with E-state index in [2.05, 4.69) is 57.2 Å². The first-order chi connectivity index (χ1) is 34.5. The van der Waals surface area contributed by atoms with Crippen LogP contribution in [0.25, 0.3) is 0 Å². The number of hydrogen-bond acceptors (Lipinski definition) is 6. The predicted octanol–water partition coefficient (Wildman–Crippen LogP) is 20.8. The minimum atomic E-state index is -0.770. The molecule has 0 aliphatic heterocycles. The Labute approximate surface area is 435 Å². The first kappa shape index (κ1) is 67.6. The van der Waals surface area contributed by atoms with Crippen LogP contribution in [-0.2, 0) is 28.6 Å². The maximum Gasteiger partial charge on any atom is 0.306 e. The third-order valence-electron chi connectivity index (χ3n) is 13.9. The van der Waals surface area contributed by atoms with E-state index in [0.717, 1.165) is 77.0 Å². The largest absolute Gasteiger partial charge is 0.462 e. The molecule has 0 bridgehead atoms. The zero-order valence-electron chi connectivity index (χ0n) is 47.1. The number of carbonyl (C=O) groups excluding carboxylic acids is 3. The molecule has 0 aromatic carbocycles. The predicted molar refractivity (Wildman–Crippen MR) is 302 cm³/mol. The normalized spacial score (nSPS) is 12.2. The molecule has 0 aliphatic rings. The quantitative estimate of drug-likeness (QED) is 0.0261. The van der Waals surface area contributed by atoms with Gasteiger partial charge in [-0.15, -0.1) is 0 Å². The summed E-state index contributed by atoms with van der Waals surface area (Å²) < 4.78 is 16.9. The van der Waals surface area contributed by atoms with Gasteiger partial charge in [-0.3, -0.25) is 14.4 Å². The number of unbranched alkanes of at least 4 members (excludes halogenated alkanes) is 40. The van der Waals surface area contributed by atoms with Gasteiger partial charge < -0.3 is 14.2 Å². The van der Waals surface area contributed by atoms with Crippen LogP contribution in [0.15, 0.2) is 36.5 Å². The molecule has 70 heavy (non-hydrogen) atoms. The number of hydrogen-bond donors (Lipinski definition) is 0. The third-order valence-corrected chi connectivity index (χ3v) is 13.9. The molecule has 1 atom stereocenters. The van der Waals surface area contributed by atoms with Crippen molar-refractivity contribution >= 4 is 17.9 Å². The number of allylic oxidation sites excluding steroid dienone is 6. The molecule has 6 heteroatoms. The van der Waals surface area contributed by atoms with Crippen molar-refractivity contribution < 1.29 is 28.6 Å². The molecule has 0 saturated heterocycles. The molecule has 0 aromatic rings. The molecule has 0 rings (SSSR count). The van der Waals surface area contributed by atoms with Gasteiger partial charge in [0.2, 0.25) is 0 Å². The molecule has 0 amide bonds. The van der Waals surface area contributed by atoms with Gasteiger partial charge in [-0.1, -0.05) is 301 Å². The van der Waals surface area contributed by atoms with Crippen LogP contribution in [0.3, 0.4) is 0 Å². The number of esters is 3. The fourth-order valence-electron chi connectivity index (χ4n) is 9.28. The Bertz CT molecular complexity index is 1170. The van der Waals surface area contributed by atoms with Gasteiger partial charge >= 0.3 is 17.9 Å². The van der Waals surface area contributed by atoms with Gasteiger partial charge in [-0.05, 0) is 51.4 Å². The Kier molecular flexibility index (Phi) is 57.2. The van der Waals surface area contributed by atoms with Gasteiger partial charge in [0.1, 0.15) is 13.2 Å². The molecule has 1 unspecified atom stereocenters. The Morgan fingerprint density at radius 1 is 0.300 bits per heavy atom. The van der Waals surface area contributed by atoms with E-state index < -0.39 is 6.10 Å². The molecular formula is C64H118O6. The Hall–Kier alpha value is -2.37. The van der Waals surface area contributed by atoms with Crippen LogP contribution in [-0.4, -0.2) is 37.2 Å². The monoisotopic (exact) mass is 983 g/mol. The topological polar surface area (TPSA) is 78.9 Å². The summed E-state index contributed by atoms with van der Waals surface area (Å²) in [7, 11) is 0. The summed E-state index contributed by atoms with van der Waals surface area (Å²) in [5, 5.41) is 0. The molecule has 0 heterocycles. The zero-order chi connectivity index (χ0) is 50.7. The van der Waals surface area contributed by atoms with Crippen molar-refractivity contribution in [3.05, 3.63) is 36.5 Å². The molecule has 0 radical (unpaired) electrons. The number of ether oxygens (including phenoxy) is 3. The Balaban J connectivity index is 4.31. The van der Waals surface area contributed by atoms with Crippen LogP contribution < -0.4 is 0 Å². The summed E-state index contributed by atoms with van der Waals surface area (Å²) in [6, 6.07) is 0. The van der Waals surface area contributed by atoms with Gasteiger partial charge in [0, 0.05) is 19.3 Å². The van der Waals surface area contributed by atoms with E-state index in [-0.39, 0.29) is 31.1 Å². The van der Waals surface area contributed by atoms with Crippen LogP contribution in [0.2, 0.25) is 0 Å². The maximum absolute atomic E-state index is 12.9. The molecule has 410 valence electrons. The SMILES string of the molecule is CC/C=C\C/C=C\C/C=C\CCCCCCCCCCCC(=O)OCC(COC(=O)CCCCCCCCCCCCCCCC)OC(=O)CCCCCCCCCCCCCCCCCCCCC. The average Bonchev–Trinajstić information content (AvgIpc) is 3.36. The Morgan fingerprint density at radius 3 is 0.871 bits per heavy atom. The molecule has 0 saturated carbocycles. The molecular weight excluding hydrogens is 865 g/mol. The van der Waals surface area contributed by atoms with Crippen LogP contribution >= 0.6 is 0 Å². The highest BCUT2D eigenvalue weighted by Crippen LogP contribution is 2.18. The fraction of sp³-hybridized carbons (Fsp3) is 0.859. The molecule has 0 spiro atoms. The van der Waals surface area contributed by atoms with Gasteiger partial charge in [-0.25, -0.2) is 0 Å². The summed E-state index contributed by atoms with van der Waals surface area (Å²) in [4.78, 5) is 38.3. The lowest BCUT2D eigenvalue weighted by molar-refractivity contribution is -0.167. The van der Waals surface area contributed by atoms with E-state index in [1.54, 1.807) is 0 Å². The van der Waals surface area contributed by atoms with Gasteiger partial charge in [0.05, 0.1) is 0 Å². The van der Waals surface area contributed by atoms with E-state index in [0.29, 0.717) is 19.3 Å². The lowest BCUT2D eigenvalue weighted by Crippen LogP contribution is -2.30. The van der Waals surface area contributed by atoms with Crippen molar-refractivity contribution in [3.8, 4) is 0 Å². The van der Waals surface area contributed by atoms with E-state index in [1.165, 1.54) is 218 Å². The van der Waals surface area contributed by atoms with Crippen molar-refractivity contribution in [2.45, 2.75) is 341 Å². The van der Waals surface area contributed by atoms with Crippen molar-refractivity contribution in [2.24, 2.45) is 0 Å². The van der Waals surface area contributed by atoms with Crippen LogP contribution in [0, 0.1) is 0 Å². The molecule has 6 nitrogen and oxygen atoms in total. The highest BCUT2D eigenvalue weighted by Gasteiger charge is 2.19. The average molecular weight is 984 g/mol. The van der Waals surface area contributed by atoms with E-state index in [9.17, 15) is 14.4 Å². The smallest absolute Gasteiger partial charge is 0.306 e. The van der Waals surface area contributed by atoms with Crippen molar-refractivity contribution in [2.75, 3.05) is 13.2 Å². The van der Waals surface area contributed by atoms with E-state index in [4.69, 9.17) is 14.2 Å². The molecule has 0 fully saturated rings. The second-order valence-corrected chi connectivity index (χ2v) is 21.0. The second-order valence-electron chi connectivity index (χ2n) is 21.0. The first-order valence-electron chi connectivity index (χ1n) is 31.0. The standard InChI is InChI=1S/C64H118O6/c1-4-7-10-13-16-19-22-25-28-30-32-34-36-39-42-45-48-51-54-57-63(66)69-60-61(59-68-62(65)56-53-50-47-44-41-38-27-24-21-18-15-12-9-6-3)70-64(67)58-55-52-49-46-43-40-37-35-33-31-29-26-23-20-17-14-11-8-5-2/h7,10,16,19,25,28,61H,4-6,8-9,11-15,17-18,20-24,26-27,29-60H2,1-3H3/b10-7-,19-16-,28-25-. The maximum atomic E-state index is 12.9. The number of carbonyl (C=O) groups is 3. The Morgan fingerprint density at radius 2 is 0.557 bits per heavy atom. The summed E-state index contributed by atoms with van der Waals surface area (Å²) in [5.74, 6) is -0.849. The summed E-state index contributed by atoms with van der Waals surface area (Å²) in [5.41, 5.74) is 0. The lowest BCUT2D eigenvalue weighted by Gasteiger charge is -2.18. The number of rotatable bonds is 57. The van der Waals surface area contributed by atoms with Crippen LogP contribution in [0.5, 0.6) is 0 Å². The second kappa shape index (κ2) is 59.2. The van der Waals surface area contributed by atoms with E-state index in [1.807, 2.05) is 0 Å². The van der Waals surface area contributed by atoms with Crippen molar-refractivity contribution in [1.29, 1.82) is 0 Å². The van der Waals surface area contributed by atoms with Crippen LogP contribution in [0.4, 0.5) is 0 Å². The minimum absolute atomic E-state index is 0.0681. The van der Waals surface area contributed by atoms with E-state index >= 15 is 0 Å². The zero-order valence-corrected chi connectivity index (χ0v) is 47.1. The summed E-state index contributed by atoms with van der Waals surface area (Å²) in [6.07, 6.45) is 71.4. The molecule has 0 N–H and O–H groups in total. The van der Waals surface area contributed by atoms with Crippen molar-refractivity contribution in [3.63, 3.8) is 0 Å². The highest BCUT2D eigenvalue weighted by atomic mass is 16.6. The highest BCUT2D eigenvalue weighted by molar-refractivity contribution is 5.71. The summed E-state index contributed by atoms with van der Waals surface area (Å²) in [6.45, 7) is 6.59. The fourth-order valence-corrected chi connectivity index (χ4v) is 9.28. The first-order valence-corrected chi connectivity index (χ1v) is 31.0. The lowest BCUT2D eigenvalue weighted by atomic mass is 10.0. The van der Waals surface area contributed by atoms with Gasteiger partial charge in [0.25, 0.3) is 0 Å². The molecule has 0 aromatic heterocycles. The minimum Gasteiger partial charge on any atom is -0.462 e. The van der Waals surface area contributed by atoms with Crippen molar-refractivity contribution in [1.82, 2.24) is 0 Å². The third kappa shape index (κ3) is 56.5. The molecule has 0 aliphatic carbocycles. The van der Waals surface area contributed by atoms with Gasteiger partial charge in [0.15, 0.2) is 6.10 Å². The summed E-state index contributed by atoms with van der Waals surface area (Å²) >= 11 is 0.